The van der Waals surface area contributed by atoms with Gasteiger partial charge in [0.25, 0.3) is 5.91 Å². The lowest BCUT2D eigenvalue weighted by atomic mass is 9.97. The van der Waals surface area contributed by atoms with Crippen LogP contribution in [0.5, 0.6) is 0 Å². The molecular formula is C27H20Cl2F2N6O3S. The number of halogens is 4. The van der Waals surface area contributed by atoms with Crippen LogP contribution in [0.4, 0.5) is 20.2 Å². The van der Waals surface area contributed by atoms with Gasteiger partial charge in [-0.25, -0.2) is 13.5 Å². The number of nitrogens with one attached hydrogen (secondary N) is 1. The zero-order valence-corrected chi connectivity index (χ0v) is 23.7. The fourth-order valence-corrected chi connectivity index (χ4v) is 6.22. The molecule has 0 aliphatic carbocycles. The van der Waals surface area contributed by atoms with Gasteiger partial charge in [-0.05, 0) is 53.6 Å². The van der Waals surface area contributed by atoms with E-state index in [4.69, 9.17) is 28.9 Å². The molecule has 2 aliphatic rings. The van der Waals surface area contributed by atoms with Gasteiger partial charge in [0.15, 0.2) is 9.84 Å². The molecule has 0 saturated heterocycles. The van der Waals surface area contributed by atoms with Crippen molar-refractivity contribution in [2.45, 2.75) is 10.8 Å². The van der Waals surface area contributed by atoms with Crippen LogP contribution in [0.2, 0.25) is 10.0 Å². The number of hydrogen-bond donors (Lipinski definition) is 2. The number of aromatic nitrogens is 2. The zero-order valence-electron chi connectivity index (χ0n) is 21.4. The van der Waals surface area contributed by atoms with Crippen LogP contribution in [0, 0.1) is 0 Å². The molecule has 210 valence electrons. The smallest absolute Gasteiger partial charge is 0.373 e. The number of amides is 1. The van der Waals surface area contributed by atoms with Gasteiger partial charge in [-0.2, -0.15) is 18.9 Å². The van der Waals surface area contributed by atoms with Gasteiger partial charge in [-0.1, -0.05) is 41.4 Å². The Kier molecular flexibility index (Phi) is 6.16. The standard InChI is InChI=1S/C27H20Cl2F2N6O3S/c1-35-23-19-8-6-15(14-4-3-5-17(10-14)41(2,39)40)11-21(19)36-22(18-9-7-16(28)12-20(18)29)13-33-37(36)24(23)25(34-35)27(30,31)26(32)38/h3-13,37H,1-2H3,(H2,32,38). The lowest BCUT2D eigenvalue weighted by molar-refractivity contribution is -0.787. The first-order chi connectivity index (χ1) is 19.3. The van der Waals surface area contributed by atoms with Crippen molar-refractivity contribution in [1.82, 2.24) is 9.78 Å². The molecule has 3 N–H and O–H groups in total. The third-order valence-corrected chi connectivity index (χ3v) is 8.59. The first-order valence-electron chi connectivity index (χ1n) is 12.0. The molecule has 4 aromatic rings. The number of sulfone groups is 1. The lowest BCUT2D eigenvalue weighted by Crippen LogP contribution is -3.09. The van der Waals surface area contributed by atoms with Crippen LogP contribution in [0.15, 0.2) is 71.8 Å². The highest BCUT2D eigenvalue weighted by Crippen LogP contribution is 2.48. The van der Waals surface area contributed by atoms with E-state index in [1.807, 2.05) is 0 Å². The van der Waals surface area contributed by atoms with Gasteiger partial charge in [0, 0.05) is 29.5 Å². The SMILES string of the molecule is Cn1nc(C(F)(F)C(N)=O)c2c1-c1ccc(-c3cccc(S(C)(=O)=O)c3)cc1N1C(c3ccc(Cl)cc3Cl)=C[N-][NH+]21. The molecule has 2 aliphatic heterocycles. The molecular weight excluding hydrogens is 597 g/mol. The van der Waals surface area contributed by atoms with Crippen molar-refractivity contribution in [2.24, 2.45) is 12.8 Å². The topological polar surface area (TPSA) is 117 Å². The number of nitrogens with zero attached hydrogens (tertiary/aromatic N) is 4. The maximum Gasteiger partial charge on any atom is 0.373 e. The van der Waals surface area contributed by atoms with E-state index in [9.17, 15) is 13.2 Å². The summed E-state index contributed by atoms with van der Waals surface area (Å²) in [6.07, 6.45) is 2.61. The molecule has 0 saturated carbocycles. The number of quaternary nitrogens is 1. The van der Waals surface area contributed by atoms with E-state index >= 15 is 8.78 Å². The van der Waals surface area contributed by atoms with Crippen molar-refractivity contribution in [2.75, 3.05) is 11.3 Å². The summed E-state index contributed by atoms with van der Waals surface area (Å²) >= 11 is 12.7. The Balaban J connectivity index is 1.61. The average Bonchev–Trinajstić information content (AvgIpc) is 3.50. The van der Waals surface area contributed by atoms with E-state index in [2.05, 4.69) is 10.5 Å². The van der Waals surface area contributed by atoms with Gasteiger partial charge < -0.3 is 11.2 Å². The second-order valence-electron chi connectivity index (χ2n) is 9.59. The highest BCUT2D eigenvalue weighted by atomic mass is 35.5. The number of carbonyl (C=O) groups is 1. The molecule has 1 atom stereocenters. The summed E-state index contributed by atoms with van der Waals surface area (Å²) in [5.74, 6) is -5.92. The number of fused-ring (bicyclic) bond motifs is 6. The van der Waals surface area contributed by atoms with Crippen molar-refractivity contribution in [1.29, 1.82) is 0 Å². The second-order valence-corrected chi connectivity index (χ2v) is 12.5. The first kappa shape index (κ1) is 27.2. The van der Waals surface area contributed by atoms with Crippen LogP contribution >= 0.6 is 23.2 Å². The van der Waals surface area contributed by atoms with Crippen LogP contribution in [0.3, 0.4) is 0 Å². The van der Waals surface area contributed by atoms with Crippen LogP contribution in [-0.2, 0) is 27.6 Å². The molecule has 14 heteroatoms. The predicted octanol–water partition coefficient (Wildman–Crippen LogP) is 4.59. The third-order valence-electron chi connectivity index (χ3n) is 6.94. The summed E-state index contributed by atoms with van der Waals surface area (Å²) < 4.78 is 55.9. The van der Waals surface area contributed by atoms with Crippen molar-refractivity contribution < 1.29 is 27.1 Å². The quantitative estimate of drug-likeness (QED) is 0.340. The molecule has 41 heavy (non-hydrogen) atoms. The normalized spacial score (nSPS) is 16.0. The molecule has 0 bridgehead atoms. The van der Waals surface area contributed by atoms with E-state index in [0.29, 0.717) is 49.4 Å². The summed E-state index contributed by atoms with van der Waals surface area (Å²) in [5, 5.41) is 6.47. The Morgan fingerprint density at radius 3 is 2.44 bits per heavy atom. The Morgan fingerprint density at radius 2 is 1.76 bits per heavy atom. The van der Waals surface area contributed by atoms with Crippen molar-refractivity contribution in [3.05, 3.63) is 93.6 Å². The largest absolute Gasteiger partial charge is 0.461 e. The van der Waals surface area contributed by atoms with Gasteiger partial charge in [0.2, 0.25) is 11.4 Å². The van der Waals surface area contributed by atoms with Gasteiger partial charge in [0.05, 0.1) is 15.6 Å². The molecule has 0 spiro atoms. The molecule has 3 aromatic carbocycles. The minimum Gasteiger partial charge on any atom is -0.461 e. The highest BCUT2D eigenvalue weighted by Gasteiger charge is 2.51. The number of anilines is 1. The lowest BCUT2D eigenvalue weighted by Gasteiger charge is -2.39. The Labute approximate surface area is 243 Å². The molecule has 0 fully saturated rings. The molecule has 1 amide bonds. The van der Waals surface area contributed by atoms with E-state index < -0.39 is 27.4 Å². The molecule has 6 rings (SSSR count). The van der Waals surface area contributed by atoms with Crippen LogP contribution in [0.1, 0.15) is 11.3 Å². The van der Waals surface area contributed by atoms with Gasteiger partial charge >= 0.3 is 5.92 Å². The molecule has 1 aromatic heterocycles. The number of rotatable bonds is 5. The maximum atomic E-state index is 15.1. The Hall–Kier alpha value is -3.97. The van der Waals surface area contributed by atoms with Crippen molar-refractivity contribution in [3.63, 3.8) is 0 Å². The summed E-state index contributed by atoms with van der Waals surface area (Å²) in [4.78, 5) is 11.9. The second kappa shape index (κ2) is 9.28. The number of hydrogen-bond acceptors (Lipinski definition) is 5. The summed E-state index contributed by atoms with van der Waals surface area (Å²) in [6.45, 7) is 0. The highest BCUT2D eigenvalue weighted by molar-refractivity contribution is 7.90. The maximum absolute atomic E-state index is 15.1. The number of carbonyl (C=O) groups excluding carboxylic acids is 1. The first-order valence-corrected chi connectivity index (χ1v) is 14.7. The number of benzene rings is 3. The number of nitrogens with two attached hydrogens (primary N) is 1. The fourth-order valence-electron chi connectivity index (χ4n) is 5.04. The van der Waals surface area contributed by atoms with E-state index in [0.717, 1.165) is 6.26 Å². The zero-order chi connectivity index (χ0) is 29.4. The average molecular weight is 617 g/mol. The van der Waals surface area contributed by atoms with Crippen LogP contribution in [-0.4, -0.2) is 30.4 Å². The third kappa shape index (κ3) is 4.25. The number of aryl methyl sites for hydroxylation is 1. The van der Waals surface area contributed by atoms with E-state index in [-0.39, 0.29) is 15.7 Å². The Morgan fingerprint density at radius 1 is 1.05 bits per heavy atom. The summed E-state index contributed by atoms with van der Waals surface area (Å²) in [7, 11) is -1.98. The minimum absolute atomic E-state index is 0.0491. The molecule has 9 nitrogen and oxygen atoms in total. The number of primary amides is 1. The number of alkyl halides is 2. The van der Waals surface area contributed by atoms with Crippen molar-refractivity contribution >= 4 is 56.0 Å². The summed E-state index contributed by atoms with van der Waals surface area (Å²) in [6, 6.07) is 16.6. The Bertz CT molecular complexity index is 1930. The van der Waals surface area contributed by atoms with Crippen LogP contribution < -0.4 is 15.9 Å². The molecule has 0 radical (unpaired) electrons. The van der Waals surface area contributed by atoms with E-state index in [1.165, 1.54) is 24.0 Å². The van der Waals surface area contributed by atoms with Gasteiger partial charge in [-0.15, -0.1) is 6.20 Å². The molecule has 1 unspecified atom stereocenters. The molecule has 3 heterocycles. The van der Waals surface area contributed by atoms with Crippen molar-refractivity contribution in [3.8, 4) is 22.4 Å². The predicted molar refractivity (Wildman–Crippen MR) is 151 cm³/mol. The fraction of sp³-hybridized carbons (Fsp3) is 0.111. The summed E-state index contributed by atoms with van der Waals surface area (Å²) in [5.41, 5.74) is 12.3. The van der Waals surface area contributed by atoms with Gasteiger partial charge in [-0.3, -0.25) is 9.48 Å². The van der Waals surface area contributed by atoms with Gasteiger partial charge in [0.1, 0.15) is 11.4 Å². The minimum atomic E-state index is -4.08. The van der Waals surface area contributed by atoms with E-state index in [1.54, 1.807) is 59.6 Å². The van der Waals surface area contributed by atoms with Crippen LogP contribution in [0.25, 0.3) is 33.5 Å². The monoisotopic (exact) mass is 616 g/mol.